The van der Waals surface area contributed by atoms with Gasteiger partial charge in [0.2, 0.25) is 0 Å². The van der Waals surface area contributed by atoms with Gasteiger partial charge in [0, 0.05) is 12.8 Å². The first-order chi connectivity index (χ1) is 31.4. The molecule has 0 aromatic rings. The van der Waals surface area contributed by atoms with Crippen molar-refractivity contribution in [3.63, 3.8) is 0 Å². The van der Waals surface area contributed by atoms with Gasteiger partial charge in [0.25, 0.3) is 0 Å². The summed E-state index contributed by atoms with van der Waals surface area (Å²) in [6.45, 7) is 3.31. The molecule has 0 heterocycles. The zero-order chi connectivity index (χ0) is 47.8. The number of carbonyl (C=O) groups is 2. The van der Waals surface area contributed by atoms with Crippen molar-refractivity contribution in [2.24, 2.45) is 0 Å². The number of ether oxygens (including phenoxy) is 2. The van der Waals surface area contributed by atoms with Crippen molar-refractivity contribution in [1.29, 1.82) is 0 Å². The van der Waals surface area contributed by atoms with Gasteiger partial charge in [0.15, 0.2) is 6.10 Å². The van der Waals surface area contributed by atoms with Crippen molar-refractivity contribution < 1.29 is 63.1 Å². The third-order valence-corrected chi connectivity index (χ3v) is 13.3. The predicted molar refractivity (Wildman–Crippen MR) is 258 cm³/mol. The zero-order valence-electron chi connectivity index (χ0n) is 40.8. The molecule has 0 bridgehead atoms. The first-order valence-corrected chi connectivity index (χ1v) is 27.6. The average molecular weight is 947 g/mol. The number of hydrogen-bond acceptors (Lipinski definition) is 12. The Bertz CT molecular complexity index is 1230. The van der Waals surface area contributed by atoms with Crippen LogP contribution in [0.5, 0.6) is 0 Å². The fourth-order valence-corrected chi connectivity index (χ4v) is 9.06. The summed E-state index contributed by atoms with van der Waals surface area (Å²) in [6, 6.07) is 0. The van der Waals surface area contributed by atoms with Crippen molar-refractivity contribution in [2.75, 3.05) is 13.2 Å². The second-order valence-electron chi connectivity index (χ2n) is 18.4. The summed E-state index contributed by atoms with van der Waals surface area (Å²) in [5.41, 5.74) is 0. The van der Waals surface area contributed by atoms with Gasteiger partial charge in [-0.2, -0.15) is 0 Å². The van der Waals surface area contributed by atoms with Gasteiger partial charge in [-0.15, -0.1) is 0 Å². The number of rotatable bonds is 44. The van der Waals surface area contributed by atoms with Gasteiger partial charge in [0.1, 0.15) is 43.2 Å². The van der Waals surface area contributed by atoms with E-state index in [9.17, 15) is 44.6 Å². The number of hydrogen-bond donors (Lipinski definition) is 6. The lowest BCUT2D eigenvalue weighted by molar-refractivity contribution is -0.220. The van der Waals surface area contributed by atoms with Gasteiger partial charge in [0.05, 0.1) is 6.61 Å². The molecule has 6 unspecified atom stereocenters. The predicted octanol–water partition coefficient (Wildman–Crippen LogP) is 11.2. The normalized spacial score (nSPS) is 21.5. The standard InChI is InChI=1S/C51H95O13P/c1-3-5-7-9-11-13-15-17-19-21-22-24-26-28-30-32-34-36-38-40-45(53)63-43(42-62-65(59,60)64-51-49(57)47(55)46(54)48(56)50(51)58)41-61-44(52)39-37-35-33-31-29-27-25-23-20-18-16-14-12-10-8-6-4-2/h11,13,17,19,43,46-51,54-58H,3-10,12,14-16,18,20-42H2,1-2H3,(H,59,60)/b13-11+,19-17+/t43-,46?,47-,48?,49?,50?,51?/m1/s1. The summed E-state index contributed by atoms with van der Waals surface area (Å²) in [6.07, 6.45) is 33.6. The minimum Gasteiger partial charge on any atom is -0.462 e. The van der Waals surface area contributed by atoms with Gasteiger partial charge in [-0.25, -0.2) is 4.57 Å². The minimum absolute atomic E-state index is 0.0950. The van der Waals surface area contributed by atoms with Crippen molar-refractivity contribution in [3.8, 4) is 0 Å². The molecule has 65 heavy (non-hydrogen) atoms. The lowest BCUT2D eigenvalue weighted by atomic mass is 9.85. The SMILES string of the molecule is CCCCC/C=C/C/C=C/CCCCCCCCCCCC(=O)O[C@H](COC(=O)CCCCCCCCCCCCCCCCCCC)COP(=O)(O)OC1C(O)C(O)C(O)[C@@H](O)C1O. The van der Waals surface area contributed by atoms with Crippen LogP contribution in [0.1, 0.15) is 232 Å². The average Bonchev–Trinajstić information content (AvgIpc) is 3.29. The highest BCUT2D eigenvalue weighted by atomic mass is 31.2. The molecule has 0 aromatic heterocycles. The molecule has 382 valence electrons. The Morgan fingerprint density at radius 2 is 0.831 bits per heavy atom. The Morgan fingerprint density at radius 3 is 1.28 bits per heavy atom. The van der Waals surface area contributed by atoms with Gasteiger partial charge in [-0.3, -0.25) is 18.6 Å². The summed E-state index contributed by atoms with van der Waals surface area (Å²) in [5.74, 6) is -1.09. The molecule has 8 atom stereocenters. The molecule has 0 aromatic carbocycles. The van der Waals surface area contributed by atoms with Gasteiger partial charge in [-0.05, 0) is 44.9 Å². The minimum atomic E-state index is -5.12. The van der Waals surface area contributed by atoms with Crippen LogP contribution in [0.4, 0.5) is 0 Å². The Kier molecular flexibility index (Phi) is 39.0. The van der Waals surface area contributed by atoms with Gasteiger partial charge < -0.3 is 39.9 Å². The van der Waals surface area contributed by atoms with Crippen molar-refractivity contribution >= 4 is 19.8 Å². The van der Waals surface area contributed by atoms with E-state index in [0.717, 1.165) is 57.8 Å². The fraction of sp³-hybridized carbons (Fsp3) is 0.882. The smallest absolute Gasteiger partial charge is 0.462 e. The maximum atomic E-state index is 12.9. The number of phosphoric ester groups is 1. The molecule has 6 N–H and O–H groups in total. The van der Waals surface area contributed by atoms with Crippen LogP contribution in [0.2, 0.25) is 0 Å². The third kappa shape index (κ3) is 33.5. The lowest BCUT2D eigenvalue weighted by Gasteiger charge is -2.41. The van der Waals surface area contributed by atoms with E-state index < -0.39 is 75.7 Å². The number of carbonyl (C=O) groups excluding carboxylic acids is 2. The molecule has 0 spiro atoms. The van der Waals surface area contributed by atoms with Gasteiger partial charge in [-0.1, -0.05) is 199 Å². The molecule has 13 nitrogen and oxygen atoms in total. The molecule has 1 aliphatic carbocycles. The van der Waals surface area contributed by atoms with Gasteiger partial charge >= 0.3 is 19.8 Å². The molecule has 1 rings (SSSR count). The van der Waals surface area contributed by atoms with Crippen molar-refractivity contribution in [3.05, 3.63) is 24.3 Å². The van der Waals surface area contributed by atoms with Crippen LogP contribution in [0.3, 0.4) is 0 Å². The first kappa shape index (κ1) is 61.3. The lowest BCUT2D eigenvalue weighted by Crippen LogP contribution is -2.64. The highest BCUT2D eigenvalue weighted by Gasteiger charge is 2.51. The number of aliphatic hydroxyl groups is 5. The largest absolute Gasteiger partial charge is 0.472 e. The third-order valence-electron chi connectivity index (χ3n) is 12.3. The summed E-state index contributed by atoms with van der Waals surface area (Å²) < 4.78 is 33.7. The second kappa shape index (κ2) is 41.3. The van der Waals surface area contributed by atoms with Crippen LogP contribution in [-0.4, -0.2) is 98.3 Å². The number of esters is 2. The zero-order valence-corrected chi connectivity index (χ0v) is 41.7. The Balaban J connectivity index is 2.39. The first-order valence-electron chi connectivity index (χ1n) is 26.1. The summed E-state index contributed by atoms with van der Waals surface area (Å²) in [4.78, 5) is 35.8. The van der Waals surface area contributed by atoms with E-state index >= 15 is 0 Å². The van der Waals surface area contributed by atoms with Crippen LogP contribution in [0.15, 0.2) is 24.3 Å². The van der Waals surface area contributed by atoms with Crippen LogP contribution in [0, 0.1) is 0 Å². The monoisotopic (exact) mass is 947 g/mol. The Labute approximate surface area is 394 Å². The molecule has 0 amide bonds. The highest BCUT2D eigenvalue weighted by Crippen LogP contribution is 2.47. The molecule has 14 heteroatoms. The van der Waals surface area contributed by atoms with E-state index in [1.807, 2.05) is 0 Å². The van der Waals surface area contributed by atoms with Crippen LogP contribution >= 0.6 is 7.82 Å². The van der Waals surface area contributed by atoms with Crippen LogP contribution < -0.4 is 0 Å². The van der Waals surface area contributed by atoms with E-state index in [4.69, 9.17) is 18.5 Å². The molecule has 1 saturated carbocycles. The second-order valence-corrected chi connectivity index (χ2v) is 19.8. The molecular formula is C51H95O13P. The number of phosphoric acid groups is 1. The highest BCUT2D eigenvalue weighted by molar-refractivity contribution is 7.47. The van der Waals surface area contributed by atoms with Crippen LogP contribution in [-0.2, 0) is 32.7 Å². The van der Waals surface area contributed by atoms with E-state index in [1.165, 1.54) is 135 Å². The number of unbranched alkanes of at least 4 members (excludes halogenated alkanes) is 28. The maximum Gasteiger partial charge on any atom is 0.472 e. The Hall–Kier alpha value is -1.67. The van der Waals surface area contributed by atoms with Crippen molar-refractivity contribution in [2.45, 2.75) is 275 Å². The molecule has 0 radical (unpaired) electrons. The summed E-state index contributed by atoms with van der Waals surface area (Å²) in [5, 5.41) is 50.3. The van der Waals surface area contributed by atoms with E-state index in [-0.39, 0.29) is 12.8 Å². The van der Waals surface area contributed by atoms with Crippen LogP contribution in [0.25, 0.3) is 0 Å². The molecule has 1 aliphatic rings. The summed E-state index contributed by atoms with van der Waals surface area (Å²) >= 11 is 0. The number of aliphatic hydroxyl groups excluding tert-OH is 5. The molecule has 0 aliphatic heterocycles. The quantitative estimate of drug-likeness (QED) is 0.0146. The van der Waals surface area contributed by atoms with Crippen molar-refractivity contribution in [1.82, 2.24) is 0 Å². The topological polar surface area (TPSA) is 210 Å². The summed E-state index contributed by atoms with van der Waals surface area (Å²) in [7, 11) is -5.12. The van der Waals surface area contributed by atoms with E-state index in [2.05, 4.69) is 38.2 Å². The molecule has 1 fully saturated rings. The van der Waals surface area contributed by atoms with E-state index in [1.54, 1.807) is 0 Å². The maximum absolute atomic E-state index is 12.9. The fourth-order valence-electron chi connectivity index (χ4n) is 8.08. The number of allylic oxidation sites excluding steroid dienone is 4. The Morgan fingerprint density at radius 1 is 0.477 bits per heavy atom. The molecule has 0 saturated heterocycles. The van der Waals surface area contributed by atoms with E-state index in [0.29, 0.717) is 12.8 Å². The molecular weight excluding hydrogens is 852 g/mol.